The number of rotatable bonds is 4. The minimum absolute atomic E-state index is 0.151. The summed E-state index contributed by atoms with van der Waals surface area (Å²) in [4.78, 5) is 17.3. The van der Waals surface area contributed by atoms with Crippen LogP contribution in [0.1, 0.15) is 17.3 Å². The minimum Gasteiger partial charge on any atom is -0.494 e. The molecule has 0 unspecified atom stereocenters. The molecule has 4 aromatic rings. The van der Waals surface area contributed by atoms with E-state index in [1.54, 1.807) is 7.11 Å². The topological polar surface area (TPSA) is 56.2 Å². The predicted octanol–water partition coefficient (Wildman–Crippen LogP) is 4.53. The third-order valence-corrected chi connectivity index (χ3v) is 5.13. The Labute approximate surface area is 148 Å². The van der Waals surface area contributed by atoms with E-state index in [-0.39, 0.29) is 5.91 Å². The Morgan fingerprint density at radius 3 is 2.88 bits per heavy atom. The predicted molar refractivity (Wildman–Crippen MR) is 102 cm³/mol. The highest BCUT2D eigenvalue weighted by Gasteiger charge is 2.16. The molecule has 126 valence electrons. The first-order valence-corrected chi connectivity index (χ1v) is 8.85. The number of fused-ring (bicyclic) bond motifs is 2. The number of carbonyl (C=O) groups excluding carboxylic acids is 1. The first kappa shape index (κ1) is 15.7. The number of hydrogen-bond donors (Lipinski definition) is 1. The highest BCUT2D eigenvalue weighted by Crippen LogP contribution is 2.32. The lowest BCUT2D eigenvalue weighted by Crippen LogP contribution is -2.11. The Balaban J connectivity index is 1.71. The molecule has 1 amide bonds. The van der Waals surface area contributed by atoms with Crippen LogP contribution in [0.5, 0.6) is 5.75 Å². The van der Waals surface area contributed by atoms with Crippen LogP contribution in [-0.4, -0.2) is 22.6 Å². The van der Waals surface area contributed by atoms with E-state index in [0.29, 0.717) is 16.4 Å². The molecule has 5 nitrogen and oxygen atoms in total. The third kappa shape index (κ3) is 2.64. The maximum absolute atomic E-state index is 12.8. The lowest BCUT2D eigenvalue weighted by atomic mass is 10.1. The molecule has 0 radical (unpaired) electrons. The number of methoxy groups -OCH3 is 1. The second-order valence-corrected chi connectivity index (χ2v) is 6.66. The molecule has 1 N–H and O–H groups in total. The van der Waals surface area contributed by atoms with Gasteiger partial charge in [0.1, 0.15) is 11.3 Å². The molecule has 0 aliphatic heterocycles. The van der Waals surface area contributed by atoms with Crippen LogP contribution in [-0.2, 0) is 6.54 Å². The number of hydrogen-bond acceptors (Lipinski definition) is 4. The number of anilines is 1. The van der Waals surface area contributed by atoms with Gasteiger partial charge in [0.15, 0.2) is 5.13 Å². The van der Waals surface area contributed by atoms with E-state index < -0.39 is 0 Å². The molecule has 6 heteroatoms. The van der Waals surface area contributed by atoms with E-state index in [9.17, 15) is 4.79 Å². The normalized spacial score (nSPS) is 11.1. The molecular formula is C19H17N3O2S. The average Bonchev–Trinajstić information content (AvgIpc) is 3.22. The fraction of sp³-hybridized carbons (Fsp3) is 0.158. The number of amides is 1. The van der Waals surface area contributed by atoms with Gasteiger partial charge in [0.25, 0.3) is 5.91 Å². The number of aryl methyl sites for hydroxylation is 1. The van der Waals surface area contributed by atoms with E-state index in [1.165, 1.54) is 11.3 Å². The van der Waals surface area contributed by atoms with Gasteiger partial charge in [-0.1, -0.05) is 35.6 Å². The summed E-state index contributed by atoms with van der Waals surface area (Å²) in [5.74, 6) is 0.554. The summed E-state index contributed by atoms with van der Waals surface area (Å²) < 4.78 is 8.39. The molecule has 0 fully saturated rings. The Morgan fingerprint density at radius 1 is 1.24 bits per heavy atom. The molecule has 0 saturated heterocycles. The van der Waals surface area contributed by atoms with Crippen molar-refractivity contribution in [3.05, 3.63) is 54.2 Å². The largest absolute Gasteiger partial charge is 0.494 e. The van der Waals surface area contributed by atoms with Crippen LogP contribution in [0.15, 0.2) is 48.7 Å². The molecule has 0 bridgehead atoms. The van der Waals surface area contributed by atoms with Crippen LogP contribution >= 0.6 is 11.3 Å². The highest BCUT2D eigenvalue weighted by molar-refractivity contribution is 7.22. The molecule has 4 rings (SSSR count). The minimum atomic E-state index is -0.151. The maximum Gasteiger partial charge on any atom is 0.259 e. The van der Waals surface area contributed by atoms with Gasteiger partial charge in [-0.05, 0) is 25.1 Å². The second-order valence-electron chi connectivity index (χ2n) is 5.63. The number of nitrogens with zero attached hydrogens (tertiary/aromatic N) is 2. The van der Waals surface area contributed by atoms with Gasteiger partial charge in [-0.25, -0.2) is 4.98 Å². The lowest BCUT2D eigenvalue weighted by molar-refractivity contribution is 0.102. The summed E-state index contributed by atoms with van der Waals surface area (Å²) in [5.41, 5.74) is 2.48. The van der Waals surface area contributed by atoms with E-state index >= 15 is 0 Å². The summed E-state index contributed by atoms with van der Waals surface area (Å²) in [6, 6.07) is 13.7. The number of carbonyl (C=O) groups is 1. The SMILES string of the molecule is CCn1cc(C(=O)Nc2nc3c(OC)cccc3s2)c2ccccc21. The van der Waals surface area contributed by atoms with E-state index in [0.717, 1.165) is 27.7 Å². The number of aromatic nitrogens is 2. The van der Waals surface area contributed by atoms with Crippen molar-refractivity contribution in [3.8, 4) is 5.75 Å². The third-order valence-electron chi connectivity index (χ3n) is 4.20. The van der Waals surface area contributed by atoms with Crippen LogP contribution in [0, 0.1) is 0 Å². The molecule has 0 aliphatic rings. The summed E-state index contributed by atoms with van der Waals surface area (Å²) in [6.45, 7) is 2.88. The van der Waals surface area contributed by atoms with E-state index in [1.807, 2.05) is 48.7 Å². The van der Waals surface area contributed by atoms with Crippen LogP contribution in [0.3, 0.4) is 0 Å². The number of nitrogens with one attached hydrogen (secondary N) is 1. The molecule has 0 saturated carbocycles. The summed E-state index contributed by atoms with van der Waals surface area (Å²) in [6.07, 6.45) is 1.90. The Hall–Kier alpha value is -2.86. The Bertz CT molecular complexity index is 1080. The van der Waals surface area contributed by atoms with Crippen molar-refractivity contribution < 1.29 is 9.53 Å². The standard InChI is InChI=1S/C19H17N3O2S/c1-3-22-11-13(12-7-4-5-8-14(12)22)18(23)21-19-20-17-15(24-2)9-6-10-16(17)25-19/h4-11H,3H2,1-2H3,(H,20,21,23). The molecule has 0 atom stereocenters. The summed E-state index contributed by atoms with van der Waals surface area (Å²) >= 11 is 1.44. The Morgan fingerprint density at radius 2 is 2.08 bits per heavy atom. The molecule has 0 spiro atoms. The van der Waals surface area contributed by atoms with Gasteiger partial charge in [0, 0.05) is 23.6 Å². The maximum atomic E-state index is 12.8. The molecule has 25 heavy (non-hydrogen) atoms. The van der Waals surface area contributed by atoms with E-state index in [2.05, 4.69) is 21.8 Å². The number of ether oxygens (including phenoxy) is 1. The van der Waals surface area contributed by atoms with Gasteiger partial charge in [0.05, 0.1) is 17.4 Å². The van der Waals surface area contributed by atoms with Crippen molar-refractivity contribution in [2.45, 2.75) is 13.5 Å². The van der Waals surface area contributed by atoms with Gasteiger partial charge in [-0.2, -0.15) is 0 Å². The fourth-order valence-corrected chi connectivity index (χ4v) is 3.87. The van der Waals surface area contributed by atoms with Gasteiger partial charge in [-0.3, -0.25) is 10.1 Å². The van der Waals surface area contributed by atoms with Gasteiger partial charge in [-0.15, -0.1) is 0 Å². The summed E-state index contributed by atoms with van der Waals surface area (Å²) in [5, 5.41) is 4.44. The van der Waals surface area contributed by atoms with Crippen LogP contribution in [0.2, 0.25) is 0 Å². The van der Waals surface area contributed by atoms with Crippen molar-refractivity contribution in [1.82, 2.24) is 9.55 Å². The van der Waals surface area contributed by atoms with Crippen LogP contribution < -0.4 is 10.1 Å². The quantitative estimate of drug-likeness (QED) is 0.587. The first-order valence-electron chi connectivity index (χ1n) is 8.04. The van der Waals surface area contributed by atoms with Crippen LogP contribution in [0.4, 0.5) is 5.13 Å². The van der Waals surface area contributed by atoms with Crippen molar-refractivity contribution in [2.24, 2.45) is 0 Å². The molecule has 2 heterocycles. The van der Waals surface area contributed by atoms with Gasteiger partial charge >= 0.3 is 0 Å². The van der Waals surface area contributed by atoms with Gasteiger partial charge in [0.2, 0.25) is 0 Å². The van der Waals surface area contributed by atoms with Crippen molar-refractivity contribution in [3.63, 3.8) is 0 Å². The molecule has 0 aliphatic carbocycles. The molecular weight excluding hydrogens is 334 g/mol. The molecule has 2 aromatic heterocycles. The van der Waals surface area contributed by atoms with Crippen molar-refractivity contribution in [2.75, 3.05) is 12.4 Å². The number of thiazole rings is 1. The zero-order valence-electron chi connectivity index (χ0n) is 13.9. The highest BCUT2D eigenvalue weighted by atomic mass is 32.1. The number of para-hydroxylation sites is 2. The van der Waals surface area contributed by atoms with Crippen molar-refractivity contribution >= 4 is 43.5 Å². The summed E-state index contributed by atoms with van der Waals surface area (Å²) in [7, 11) is 1.62. The van der Waals surface area contributed by atoms with Crippen LogP contribution in [0.25, 0.3) is 21.1 Å². The smallest absolute Gasteiger partial charge is 0.259 e. The first-order chi connectivity index (χ1) is 12.2. The van der Waals surface area contributed by atoms with Gasteiger partial charge < -0.3 is 9.30 Å². The zero-order valence-corrected chi connectivity index (χ0v) is 14.8. The average molecular weight is 351 g/mol. The fourth-order valence-electron chi connectivity index (χ4n) is 3.00. The monoisotopic (exact) mass is 351 g/mol. The Kier molecular flexibility index (Phi) is 3.89. The molecule has 2 aromatic carbocycles. The van der Waals surface area contributed by atoms with E-state index in [4.69, 9.17) is 4.74 Å². The number of benzene rings is 2. The second kappa shape index (κ2) is 6.22. The zero-order chi connectivity index (χ0) is 17.4. The van der Waals surface area contributed by atoms with Crippen molar-refractivity contribution in [1.29, 1.82) is 0 Å². The lowest BCUT2D eigenvalue weighted by Gasteiger charge is -2.00.